The van der Waals surface area contributed by atoms with Crippen LogP contribution in [0.4, 0.5) is 0 Å². The number of aromatic nitrogens is 1. The predicted octanol–water partition coefficient (Wildman–Crippen LogP) is 2.17. The Hall–Kier alpha value is -0.450. The molecule has 90 valence electrons. The highest BCUT2D eigenvalue weighted by molar-refractivity contribution is 7.09. The summed E-state index contributed by atoms with van der Waals surface area (Å²) < 4.78 is 0. The fourth-order valence-corrected chi connectivity index (χ4v) is 3.23. The smallest absolute Gasteiger partial charge is 0.109 e. The molecule has 1 fully saturated rings. The molecular formula is C12H21N3S. The summed E-state index contributed by atoms with van der Waals surface area (Å²) in [7, 11) is 0. The number of hydrogen-bond acceptors (Lipinski definition) is 4. The molecule has 4 heteroatoms. The van der Waals surface area contributed by atoms with Crippen LogP contribution in [0.2, 0.25) is 0 Å². The van der Waals surface area contributed by atoms with E-state index in [1.54, 1.807) is 11.3 Å². The van der Waals surface area contributed by atoms with E-state index < -0.39 is 0 Å². The molecule has 3 N–H and O–H groups in total. The summed E-state index contributed by atoms with van der Waals surface area (Å²) in [6, 6.07) is 0.374. The SMILES string of the molecule is CC(NCC1CCCC1CN)c1nccs1. The van der Waals surface area contributed by atoms with E-state index in [9.17, 15) is 0 Å². The molecule has 16 heavy (non-hydrogen) atoms. The van der Waals surface area contributed by atoms with Gasteiger partial charge in [-0.3, -0.25) is 0 Å². The Morgan fingerprint density at radius 3 is 3.06 bits per heavy atom. The van der Waals surface area contributed by atoms with Crippen LogP contribution in [0.5, 0.6) is 0 Å². The van der Waals surface area contributed by atoms with Gasteiger partial charge in [0, 0.05) is 11.6 Å². The Bertz CT molecular complexity index is 299. The van der Waals surface area contributed by atoms with Gasteiger partial charge in [0.05, 0.1) is 6.04 Å². The van der Waals surface area contributed by atoms with E-state index in [1.807, 2.05) is 11.6 Å². The Kier molecular flexibility index (Phi) is 4.32. The summed E-state index contributed by atoms with van der Waals surface area (Å²) in [4.78, 5) is 4.33. The van der Waals surface area contributed by atoms with Crippen molar-refractivity contribution in [3.63, 3.8) is 0 Å². The quantitative estimate of drug-likeness (QED) is 0.828. The van der Waals surface area contributed by atoms with Crippen molar-refractivity contribution < 1.29 is 0 Å². The van der Waals surface area contributed by atoms with Crippen LogP contribution in [0.3, 0.4) is 0 Å². The van der Waals surface area contributed by atoms with Gasteiger partial charge in [0.1, 0.15) is 5.01 Å². The first-order chi connectivity index (χ1) is 7.81. The Labute approximate surface area is 101 Å². The molecule has 1 aliphatic carbocycles. The van der Waals surface area contributed by atoms with Crippen molar-refractivity contribution >= 4 is 11.3 Å². The predicted molar refractivity (Wildman–Crippen MR) is 68.4 cm³/mol. The molecule has 1 aromatic rings. The molecule has 0 aliphatic heterocycles. The lowest BCUT2D eigenvalue weighted by Gasteiger charge is -2.20. The molecule has 3 atom stereocenters. The minimum Gasteiger partial charge on any atom is -0.330 e. The zero-order chi connectivity index (χ0) is 11.4. The summed E-state index contributed by atoms with van der Waals surface area (Å²) in [6.45, 7) is 4.12. The summed E-state index contributed by atoms with van der Waals surface area (Å²) in [5, 5.41) is 6.80. The molecule has 1 heterocycles. The van der Waals surface area contributed by atoms with Crippen molar-refractivity contribution in [1.29, 1.82) is 0 Å². The second-order valence-corrected chi connectivity index (χ2v) is 5.61. The number of nitrogens with one attached hydrogen (secondary N) is 1. The second kappa shape index (κ2) is 5.75. The first-order valence-corrected chi connectivity index (χ1v) is 7.02. The maximum absolute atomic E-state index is 5.79. The molecule has 0 bridgehead atoms. The van der Waals surface area contributed by atoms with E-state index in [1.165, 1.54) is 24.3 Å². The summed E-state index contributed by atoms with van der Waals surface area (Å²) in [5.74, 6) is 1.50. The minimum absolute atomic E-state index is 0.374. The van der Waals surface area contributed by atoms with Gasteiger partial charge in [-0.15, -0.1) is 11.3 Å². The fraction of sp³-hybridized carbons (Fsp3) is 0.750. The average Bonchev–Trinajstić information content (AvgIpc) is 2.96. The molecule has 3 nitrogen and oxygen atoms in total. The summed E-state index contributed by atoms with van der Waals surface area (Å²) in [6.07, 6.45) is 5.87. The maximum Gasteiger partial charge on any atom is 0.109 e. The molecule has 0 saturated heterocycles. The third kappa shape index (κ3) is 2.81. The Balaban J connectivity index is 1.78. The van der Waals surface area contributed by atoms with Crippen LogP contribution >= 0.6 is 11.3 Å². The molecule has 1 aromatic heterocycles. The van der Waals surface area contributed by atoms with Gasteiger partial charge in [0.15, 0.2) is 0 Å². The molecule has 0 aromatic carbocycles. The van der Waals surface area contributed by atoms with E-state index in [4.69, 9.17) is 5.73 Å². The molecule has 0 amide bonds. The van der Waals surface area contributed by atoms with Crippen molar-refractivity contribution in [2.75, 3.05) is 13.1 Å². The van der Waals surface area contributed by atoms with E-state index in [2.05, 4.69) is 17.2 Å². The third-order valence-corrected chi connectivity index (χ3v) is 4.59. The molecule has 1 saturated carbocycles. The van der Waals surface area contributed by atoms with Crippen molar-refractivity contribution in [2.45, 2.75) is 32.2 Å². The van der Waals surface area contributed by atoms with Crippen LogP contribution < -0.4 is 11.1 Å². The zero-order valence-electron chi connectivity index (χ0n) is 9.86. The largest absolute Gasteiger partial charge is 0.330 e. The van der Waals surface area contributed by atoms with Crippen LogP contribution in [0.1, 0.15) is 37.2 Å². The lowest BCUT2D eigenvalue weighted by molar-refractivity contribution is 0.359. The van der Waals surface area contributed by atoms with Crippen LogP contribution in [0.15, 0.2) is 11.6 Å². The van der Waals surface area contributed by atoms with Crippen LogP contribution in [0, 0.1) is 11.8 Å². The molecule has 0 radical (unpaired) electrons. The Morgan fingerprint density at radius 1 is 1.56 bits per heavy atom. The van der Waals surface area contributed by atoms with E-state index in [0.29, 0.717) is 6.04 Å². The van der Waals surface area contributed by atoms with Gasteiger partial charge in [0.25, 0.3) is 0 Å². The van der Waals surface area contributed by atoms with Gasteiger partial charge in [-0.25, -0.2) is 4.98 Å². The normalized spacial score (nSPS) is 27.1. The van der Waals surface area contributed by atoms with Crippen molar-refractivity contribution in [3.05, 3.63) is 16.6 Å². The van der Waals surface area contributed by atoms with Gasteiger partial charge in [0.2, 0.25) is 0 Å². The molecule has 3 unspecified atom stereocenters. The van der Waals surface area contributed by atoms with Crippen LogP contribution in [-0.2, 0) is 0 Å². The molecular weight excluding hydrogens is 218 g/mol. The van der Waals surface area contributed by atoms with E-state index >= 15 is 0 Å². The van der Waals surface area contributed by atoms with Gasteiger partial charge in [-0.1, -0.05) is 6.42 Å². The number of nitrogens with two attached hydrogens (primary N) is 1. The monoisotopic (exact) mass is 239 g/mol. The van der Waals surface area contributed by atoms with Gasteiger partial charge >= 0.3 is 0 Å². The first kappa shape index (κ1) is 12.0. The lowest BCUT2D eigenvalue weighted by Crippen LogP contribution is -2.30. The van der Waals surface area contributed by atoms with Crippen molar-refractivity contribution in [3.8, 4) is 0 Å². The van der Waals surface area contributed by atoms with Crippen LogP contribution in [0.25, 0.3) is 0 Å². The fourth-order valence-electron chi connectivity index (χ4n) is 2.56. The van der Waals surface area contributed by atoms with Gasteiger partial charge in [-0.2, -0.15) is 0 Å². The highest BCUT2D eigenvalue weighted by Crippen LogP contribution is 2.30. The average molecular weight is 239 g/mol. The minimum atomic E-state index is 0.374. The number of nitrogens with zero attached hydrogens (tertiary/aromatic N) is 1. The standard InChI is InChI=1S/C12H21N3S/c1-9(12-14-5-6-16-12)15-8-11-4-2-3-10(11)7-13/h5-6,9-11,15H,2-4,7-8,13H2,1H3. The molecule has 1 aliphatic rings. The number of rotatable bonds is 5. The van der Waals surface area contributed by atoms with Crippen LogP contribution in [-0.4, -0.2) is 18.1 Å². The second-order valence-electron chi connectivity index (χ2n) is 4.69. The Morgan fingerprint density at radius 2 is 2.38 bits per heavy atom. The zero-order valence-corrected chi connectivity index (χ0v) is 10.7. The first-order valence-electron chi connectivity index (χ1n) is 6.14. The molecule has 2 rings (SSSR count). The number of hydrogen-bond donors (Lipinski definition) is 2. The molecule has 0 spiro atoms. The van der Waals surface area contributed by atoms with E-state index in [-0.39, 0.29) is 0 Å². The van der Waals surface area contributed by atoms with Crippen molar-refractivity contribution in [2.24, 2.45) is 17.6 Å². The maximum atomic E-state index is 5.79. The van der Waals surface area contributed by atoms with E-state index in [0.717, 1.165) is 24.9 Å². The highest BCUT2D eigenvalue weighted by atomic mass is 32.1. The highest BCUT2D eigenvalue weighted by Gasteiger charge is 2.26. The topological polar surface area (TPSA) is 50.9 Å². The number of thiazole rings is 1. The summed E-state index contributed by atoms with van der Waals surface area (Å²) >= 11 is 1.72. The summed E-state index contributed by atoms with van der Waals surface area (Å²) in [5.41, 5.74) is 5.79. The van der Waals surface area contributed by atoms with Gasteiger partial charge < -0.3 is 11.1 Å². The van der Waals surface area contributed by atoms with Crippen molar-refractivity contribution in [1.82, 2.24) is 10.3 Å². The lowest BCUT2D eigenvalue weighted by atomic mass is 9.96. The third-order valence-electron chi connectivity index (χ3n) is 3.63. The van der Waals surface area contributed by atoms with Gasteiger partial charge in [-0.05, 0) is 44.7 Å².